The third-order valence-electron chi connectivity index (χ3n) is 3.17. The van der Waals surface area contributed by atoms with Crippen LogP contribution in [0.1, 0.15) is 28.4 Å². The summed E-state index contributed by atoms with van der Waals surface area (Å²) in [5.74, 6) is -0.366. The van der Waals surface area contributed by atoms with Crippen LogP contribution in [0.4, 0.5) is 5.69 Å². The van der Waals surface area contributed by atoms with Gasteiger partial charge >= 0.3 is 5.97 Å². The number of carbonyl (C=O) groups is 1. The molecule has 3 heteroatoms. The topological polar surface area (TPSA) is 52.3 Å². The van der Waals surface area contributed by atoms with Crippen LogP contribution in [0.2, 0.25) is 0 Å². The molecular weight excluding hydrogens is 226 g/mol. The average molecular weight is 243 g/mol. The van der Waals surface area contributed by atoms with Gasteiger partial charge in [-0.3, -0.25) is 0 Å². The molecule has 2 aromatic carbocycles. The Balaban J connectivity index is 2.63. The third-order valence-corrected chi connectivity index (χ3v) is 3.17. The Morgan fingerprint density at radius 3 is 2.56 bits per heavy atom. The molecule has 0 bridgehead atoms. The van der Waals surface area contributed by atoms with Crippen LogP contribution < -0.4 is 5.73 Å². The highest BCUT2D eigenvalue weighted by Crippen LogP contribution is 2.28. The smallest absolute Gasteiger partial charge is 0.340 e. The zero-order valence-corrected chi connectivity index (χ0v) is 10.9. The second-order valence-electron chi connectivity index (χ2n) is 4.40. The molecule has 0 saturated heterocycles. The fraction of sp³-hybridized carbons (Fsp3) is 0.267. The van der Waals surface area contributed by atoms with Gasteiger partial charge < -0.3 is 10.5 Å². The molecule has 0 saturated carbocycles. The van der Waals surface area contributed by atoms with E-state index in [4.69, 9.17) is 10.5 Å². The molecule has 18 heavy (non-hydrogen) atoms. The van der Waals surface area contributed by atoms with Crippen molar-refractivity contribution in [1.82, 2.24) is 0 Å². The molecule has 0 aromatic heterocycles. The van der Waals surface area contributed by atoms with Crippen molar-refractivity contribution in [3.8, 4) is 0 Å². The van der Waals surface area contributed by atoms with Crippen molar-refractivity contribution in [3.63, 3.8) is 0 Å². The number of esters is 1. The number of anilines is 1. The van der Waals surface area contributed by atoms with Crippen LogP contribution in [0.3, 0.4) is 0 Å². The van der Waals surface area contributed by atoms with Crippen molar-refractivity contribution in [1.29, 1.82) is 0 Å². The number of nitrogens with two attached hydrogens (primary N) is 1. The van der Waals surface area contributed by atoms with E-state index < -0.39 is 0 Å². The summed E-state index contributed by atoms with van der Waals surface area (Å²) in [6.07, 6.45) is 0. The first-order chi connectivity index (χ1) is 8.54. The lowest BCUT2D eigenvalue weighted by atomic mass is 9.99. The maximum Gasteiger partial charge on any atom is 0.340 e. The van der Waals surface area contributed by atoms with E-state index >= 15 is 0 Å². The van der Waals surface area contributed by atoms with Crippen LogP contribution in [0, 0.1) is 13.8 Å². The predicted molar refractivity (Wildman–Crippen MR) is 73.8 cm³/mol. The van der Waals surface area contributed by atoms with E-state index in [2.05, 4.69) is 13.0 Å². The highest BCUT2D eigenvalue weighted by Gasteiger charge is 2.13. The van der Waals surface area contributed by atoms with Crippen molar-refractivity contribution in [2.75, 3.05) is 12.3 Å². The number of fused-ring (bicyclic) bond motifs is 1. The first kappa shape index (κ1) is 12.4. The molecule has 0 radical (unpaired) electrons. The van der Waals surface area contributed by atoms with Gasteiger partial charge in [0.2, 0.25) is 0 Å². The minimum absolute atomic E-state index is 0.350. The Morgan fingerprint density at radius 2 is 1.89 bits per heavy atom. The van der Waals surface area contributed by atoms with E-state index in [1.807, 2.05) is 19.1 Å². The molecule has 2 N–H and O–H groups in total. The van der Waals surface area contributed by atoms with Crippen molar-refractivity contribution < 1.29 is 9.53 Å². The van der Waals surface area contributed by atoms with Crippen LogP contribution in [0.15, 0.2) is 24.3 Å². The van der Waals surface area contributed by atoms with Gasteiger partial charge in [0, 0.05) is 5.39 Å². The fourth-order valence-electron chi connectivity index (χ4n) is 2.00. The number of carbonyl (C=O) groups excluding carboxylic acids is 1. The van der Waals surface area contributed by atoms with E-state index in [1.54, 1.807) is 13.0 Å². The second-order valence-corrected chi connectivity index (χ2v) is 4.40. The highest BCUT2D eigenvalue weighted by atomic mass is 16.5. The first-order valence-electron chi connectivity index (χ1n) is 6.01. The summed E-state index contributed by atoms with van der Waals surface area (Å²) in [5.41, 5.74) is 9.38. The third kappa shape index (κ3) is 2.04. The molecule has 0 atom stereocenters. The van der Waals surface area contributed by atoms with Gasteiger partial charge in [-0.1, -0.05) is 12.1 Å². The Kier molecular flexibility index (Phi) is 3.24. The number of ether oxygens (including phenoxy) is 1. The number of rotatable bonds is 2. The number of hydrogen-bond acceptors (Lipinski definition) is 3. The molecule has 3 nitrogen and oxygen atoms in total. The van der Waals surface area contributed by atoms with Crippen molar-refractivity contribution >= 4 is 22.4 Å². The van der Waals surface area contributed by atoms with E-state index in [-0.39, 0.29) is 5.97 Å². The Bertz CT molecular complexity index is 617. The number of nitrogen functional groups attached to an aromatic ring is 1. The summed E-state index contributed by atoms with van der Waals surface area (Å²) in [5, 5.41) is 1.95. The van der Waals surface area contributed by atoms with Gasteiger partial charge in [-0.15, -0.1) is 0 Å². The molecule has 0 amide bonds. The quantitative estimate of drug-likeness (QED) is 0.651. The molecular formula is C15H17NO2. The van der Waals surface area contributed by atoms with Gasteiger partial charge in [-0.25, -0.2) is 4.79 Å². The number of benzene rings is 2. The SMILES string of the molecule is CCOC(=O)c1ccc2cc(C)c(C)cc2c1N. The monoisotopic (exact) mass is 243 g/mol. The zero-order valence-electron chi connectivity index (χ0n) is 10.9. The van der Waals surface area contributed by atoms with Crippen LogP contribution in [0.5, 0.6) is 0 Å². The van der Waals surface area contributed by atoms with Gasteiger partial charge in [0.15, 0.2) is 0 Å². The molecule has 0 spiro atoms. The summed E-state index contributed by atoms with van der Waals surface area (Å²) >= 11 is 0. The second kappa shape index (κ2) is 4.69. The lowest BCUT2D eigenvalue weighted by Gasteiger charge is -2.10. The molecule has 0 aliphatic heterocycles. The van der Waals surface area contributed by atoms with Gasteiger partial charge in [0.25, 0.3) is 0 Å². The van der Waals surface area contributed by atoms with Gasteiger partial charge in [-0.05, 0) is 49.4 Å². The largest absolute Gasteiger partial charge is 0.462 e. The lowest BCUT2D eigenvalue weighted by Crippen LogP contribution is -2.08. The molecule has 0 aliphatic carbocycles. The van der Waals surface area contributed by atoms with Crippen LogP contribution in [-0.2, 0) is 4.74 Å². The summed E-state index contributed by atoms with van der Waals surface area (Å²) in [4.78, 5) is 11.8. The van der Waals surface area contributed by atoms with E-state index in [0.717, 1.165) is 16.3 Å². The zero-order chi connectivity index (χ0) is 13.3. The maximum absolute atomic E-state index is 11.8. The first-order valence-corrected chi connectivity index (χ1v) is 6.01. The van der Waals surface area contributed by atoms with E-state index in [0.29, 0.717) is 17.9 Å². The normalized spacial score (nSPS) is 10.6. The minimum atomic E-state index is -0.366. The fourth-order valence-corrected chi connectivity index (χ4v) is 2.00. The summed E-state index contributed by atoms with van der Waals surface area (Å²) < 4.78 is 4.99. The maximum atomic E-state index is 11.8. The van der Waals surface area contributed by atoms with Crippen molar-refractivity contribution in [3.05, 3.63) is 41.0 Å². The molecule has 2 aromatic rings. The van der Waals surface area contributed by atoms with Crippen molar-refractivity contribution in [2.24, 2.45) is 0 Å². The van der Waals surface area contributed by atoms with Crippen LogP contribution >= 0.6 is 0 Å². The van der Waals surface area contributed by atoms with Gasteiger partial charge in [0.1, 0.15) is 0 Å². The lowest BCUT2D eigenvalue weighted by molar-refractivity contribution is 0.0528. The van der Waals surface area contributed by atoms with Crippen LogP contribution in [-0.4, -0.2) is 12.6 Å². The van der Waals surface area contributed by atoms with Gasteiger partial charge in [0.05, 0.1) is 17.9 Å². The molecule has 2 rings (SSSR count). The minimum Gasteiger partial charge on any atom is -0.462 e. The Labute approximate surface area is 107 Å². The van der Waals surface area contributed by atoms with E-state index in [9.17, 15) is 4.79 Å². The van der Waals surface area contributed by atoms with Gasteiger partial charge in [-0.2, -0.15) is 0 Å². The van der Waals surface area contributed by atoms with Crippen LogP contribution in [0.25, 0.3) is 10.8 Å². The Morgan fingerprint density at radius 1 is 1.22 bits per heavy atom. The molecule has 0 unspecified atom stereocenters. The standard InChI is InChI=1S/C15H17NO2/c1-4-18-15(17)12-6-5-11-7-9(2)10(3)8-13(11)14(12)16/h5-8H,4,16H2,1-3H3. The number of hydrogen-bond donors (Lipinski definition) is 1. The predicted octanol–water partition coefficient (Wildman–Crippen LogP) is 3.22. The van der Waals surface area contributed by atoms with Crippen molar-refractivity contribution in [2.45, 2.75) is 20.8 Å². The summed E-state index contributed by atoms with van der Waals surface area (Å²) in [6.45, 7) is 6.22. The number of aryl methyl sites for hydroxylation is 2. The molecule has 0 fully saturated rings. The summed E-state index contributed by atoms with van der Waals surface area (Å²) in [6, 6.07) is 7.73. The Hall–Kier alpha value is -2.03. The molecule has 0 aliphatic rings. The highest BCUT2D eigenvalue weighted by molar-refractivity contribution is 6.05. The molecule has 94 valence electrons. The average Bonchev–Trinajstić information content (AvgIpc) is 2.32. The summed E-state index contributed by atoms with van der Waals surface area (Å²) in [7, 11) is 0. The van der Waals surface area contributed by atoms with E-state index in [1.165, 1.54) is 5.56 Å². The molecule has 0 heterocycles.